The molecular weight excluding hydrogens is 330 g/mol. The van der Waals surface area contributed by atoms with Crippen molar-refractivity contribution in [2.75, 3.05) is 0 Å². The number of thiophene rings is 1. The molecule has 0 fully saturated rings. The molecule has 122 valence electrons. The molecular formula is C15H13N5O3S. The summed E-state index contributed by atoms with van der Waals surface area (Å²) < 4.78 is 1.63. The third kappa shape index (κ3) is 3.30. The summed E-state index contributed by atoms with van der Waals surface area (Å²) in [5.74, 6) is -0.323. The lowest BCUT2D eigenvalue weighted by Gasteiger charge is -2.05. The predicted molar refractivity (Wildman–Crippen MR) is 88.2 cm³/mol. The summed E-state index contributed by atoms with van der Waals surface area (Å²) in [5.41, 5.74) is 1.75. The van der Waals surface area contributed by atoms with E-state index >= 15 is 0 Å². The van der Waals surface area contributed by atoms with E-state index in [9.17, 15) is 14.9 Å². The van der Waals surface area contributed by atoms with Crippen LogP contribution in [0.2, 0.25) is 0 Å². The zero-order valence-electron chi connectivity index (χ0n) is 12.7. The molecule has 8 nitrogen and oxygen atoms in total. The van der Waals surface area contributed by atoms with Gasteiger partial charge in [-0.1, -0.05) is 12.1 Å². The van der Waals surface area contributed by atoms with Crippen LogP contribution >= 0.6 is 11.3 Å². The highest BCUT2D eigenvalue weighted by molar-refractivity contribution is 7.14. The summed E-state index contributed by atoms with van der Waals surface area (Å²) >= 11 is 1.11. The Kier molecular flexibility index (Phi) is 4.34. The van der Waals surface area contributed by atoms with Gasteiger partial charge in [-0.05, 0) is 24.6 Å². The molecule has 0 saturated heterocycles. The highest BCUT2D eigenvalue weighted by Gasteiger charge is 2.19. The zero-order valence-corrected chi connectivity index (χ0v) is 13.5. The molecule has 0 atom stereocenters. The number of aryl methyl sites for hydroxylation is 1. The van der Waals surface area contributed by atoms with E-state index in [1.165, 1.54) is 12.4 Å². The Morgan fingerprint density at radius 2 is 2.12 bits per heavy atom. The summed E-state index contributed by atoms with van der Waals surface area (Å²) in [6, 6.07) is 8.80. The van der Waals surface area contributed by atoms with Crippen LogP contribution in [0.5, 0.6) is 0 Å². The first-order valence-electron chi connectivity index (χ1n) is 7.01. The van der Waals surface area contributed by atoms with Crippen molar-refractivity contribution in [1.29, 1.82) is 0 Å². The van der Waals surface area contributed by atoms with E-state index < -0.39 is 4.92 Å². The minimum Gasteiger partial charge on any atom is -0.347 e. The smallest absolute Gasteiger partial charge is 0.283 e. The van der Waals surface area contributed by atoms with Crippen molar-refractivity contribution in [2.24, 2.45) is 0 Å². The number of benzene rings is 1. The van der Waals surface area contributed by atoms with Gasteiger partial charge in [0.1, 0.15) is 12.7 Å². The lowest BCUT2D eigenvalue weighted by atomic mass is 10.2. The van der Waals surface area contributed by atoms with Crippen LogP contribution in [-0.4, -0.2) is 25.6 Å². The molecule has 3 aromatic rings. The molecule has 24 heavy (non-hydrogen) atoms. The second-order valence-electron chi connectivity index (χ2n) is 5.00. The van der Waals surface area contributed by atoms with Crippen molar-refractivity contribution >= 4 is 22.9 Å². The summed E-state index contributed by atoms with van der Waals surface area (Å²) in [4.78, 5) is 27.2. The lowest BCUT2D eigenvalue weighted by Crippen LogP contribution is -2.21. The Morgan fingerprint density at radius 3 is 2.71 bits per heavy atom. The van der Waals surface area contributed by atoms with E-state index in [4.69, 9.17) is 0 Å². The Morgan fingerprint density at radius 1 is 1.38 bits per heavy atom. The number of nitrogens with zero attached hydrogens (tertiary/aromatic N) is 4. The second-order valence-corrected chi connectivity index (χ2v) is 6.25. The number of aromatic nitrogens is 3. The molecule has 1 N–H and O–H groups in total. The van der Waals surface area contributed by atoms with Gasteiger partial charge in [-0.15, -0.1) is 11.3 Å². The Labute approximate surface area is 140 Å². The third-order valence-corrected chi connectivity index (χ3v) is 4.42. The minimum atomic E-state index is -0.481. The molecule has 0 unspecified atom stereocenters. The maximum Gasteiger partial charge on any atom is 0.283 e. The molecule has 0 radical (unpaired) electrons. The van der Waals surface area contributed by atoms with E-state index in [0.717, 1.165) is 22.6 Å². The molecule has 0 aliphatic heterocycles. The van der Waals surface area contributed by atoms with E-state index in [1.54, 1.807) is 17.9 Å². The molecule has 2 aromatic heterocycles. The van der Waals surface area contributed by atoms with E-state index in [-0.39, 0.29) is 11.6 Å². The number of carbonyl (C=O) groups excluding carboxylic acids is 1. The van der Waals surface area contributed by atoms with Gasteiger partial charge in [0, 0.05) is 12.6 Å². The van der Waals surface area contributed by atoms with Gasteiger partial charge in [-0.3, -0.25) is 14.9 Å². The number of hydrogen-bond acceptors (Lipinski definition) is 6. The van der Waals surface area contributed by atoms with Crippen LogP contribution in [-0.2, 0) is 6.54 Å². The van der Waals surface area contributed by atoms with Gasteiger partial charge in [0.2, 0.25) is 0 Å². The number of hydrogen-bond donors (Lipinski definition) is 1. The number of nitro groups is 1. The molecule has 3 rings (SSSR count). The number of rotatable bonds is 5. The van der Waals surface area contributed by atoms with Gasteiger partial charge in [-0.2, -0.15) is 5.10 Å². The zero-order chi connectivity index (χ0) is 17.1. The van der Waals surface area contributed by atoms with Gasteiger partial charge in [0.15, 0.2) is 0 Å². The standard InChI is InChI=1S/C15H13N5O3S/c1-10-13(20(22)23)6-14(24-10)15(21)17-7-11-2-4-12(5-3-11)19-9-16-8-18-19/h2-6,8-9H,7H2,1H3,(H,17,21). The molecule has 9 heteroatoms. The van der Waals surface area contributed by atoms with Crippen LogP contribution in [0.25, 0.3) is 5.69 Å². The van der Waals surface area contributed by atoms with Gasteiger partial charge in [-0.25, -0.2) is 9.67 Å². The van der Waals surface area contributed by atoms with Crippen LogP contribution in [0.4, 0.5) is 5.69 Å². The average molecular weight is 343 g/mol. The molecule has 1 aromatic carbocycles. The first-order valence-corrected chi connectivity index (χ1v) is 7.83. The monoisotopic (exact) mass is 343 g/mol. The van der Waals surface area contributed by atoms with Gasteiger partial charge in [0.25, 0.3) is 11.6 Å². The minimum absolute atomic E-state index is 0.0256. The normalized spacial score (nSPS) is 10.5. The maximum absolute atomic E-state index is 12.1. The number of nitrogens with one attached hydrogen (secondary N) is 1. The summed E-state index contributed by atoms with van der Waals surface area (Å²) in [5, 5.41) is 17.6. The molecule has 0 spiro atoms. The molecule has 0 bridgehead atoms. The molecule has 0 aliphatic carbocycles. The number of carbonyl (C=O) groups is 1. The highest BCUT2D eigenvalue weighted by Crippen LogP contribution is 2.27. The molecule has 1 amide bonds. The first kappa shape index (κ1) is 15.8. The van der Waals surface area contributed by atoms with Crippen LogP contribution in [0.3, 0.4) is 0 Å². The van der Waals surface area contributed by atoms with E-state index in [0.29, 0.717) is 16.3 Å². The van der Waals surface area contributed by atoms with E-state index in [1.807, 2.05) is 24.3 Å². The van der Waals surface area contributed by atoms with Crippen molar-refractivity contribution in [3.63, 3.8) is 0 Å². The fraction of sp³-hybridized carbons (Fsp3) is 0.133. The number of amides is 1. The summed E-state index contributed by atoms with van der Waals surface area (Å²) in [6.07, 6.45) is 3.05. The van der Waals surface area contributed by atoms with Crippen LogP contribution in [0, 0.1) is 17.0 Å². The van der Waals surface area contributed by atoms with Crippen LogP contribution < -0.4 is 5.32 Å². The second kappa shape index (κ2) is 6.59. The predicted octanol–water partition coefficient (Wildman–Crippen LogP) is 2.48. The maximum atomic E-state index is 12.1. The quantitative estimate of drug-likeness (QED) is 0.566. The van der Waals surface area contributed by atoms with Crippen LogP contribution in [0.15, 0.2) is 43.0 Å². The Bertz CT molecular complexity index is 871. The molecule has 0 aliphatic rings. The van der Waals surface area contributed by atoms with E-state index in [2.05, 4.69) is 15.4 Å². The molecule has 2 heterocycles. The summed E-state index contributed by atoms with van der Waals surface area (Å²) in [6.45, 7) is 1.96. The lowest BCUT2D eigenvalue weighted by molar-refractivity contribution is -0.385. The van der Waals surface area contributed by atoms with Crippen molar-refractivity contribution in [1.82, 2.24) is 20.1 Å². The van der Waals surface area contributed by atoms with Gasteiger partial charge >= 0.3 is 0 Å². The highest BCUT2D eigenvalue weighted by atomic mass is 32.1. The average Bonchev–Trinajstić information content (AvgIpc) is 3.22. The SMILES string of the molecule is Cc1sc(C(=O)NCc2ccc(-n3cncn3)cc2)cc1[N+](=O)[O-]. The van der Waals surface area contributed by atoms with Crippen molar-refractivity contribution in [3.8, 4) is 5.69 Å². The Hall–Kier alpha value is -3.07. The third-order valence-electron chi connectivity index (χ3n) is 3.38. The topological polar surface area (TPSA) is 103 Å². The Balaban J connectivity index is 1.64. The largest absolute Gasteiger partial charge is 0.347 e. The van der Waals surface area contributed by atoms with Gasteiger partial charge < -0.3 is 5.32 Å². The van der Waals surface area contributed by atoms with Gasteiger partial charge in [0.05, 0.1) is 20.4 Å². The fourth-order valence-electron chi connectivity index (χ4n) is 2.14. The molecule has 0 saturated carbocycles. The van der Waals surface area contributed by atoms with Crippen molar-refractivity contribution in [2.45, 2.75) is 13.5 Å². The van der Waals surface area contributed by atoms with Crippen molar-refractivity contribution in [3.05, 3.63) is 68.4 Å². The first-order chi connectivity index (χ1) is 11.5. The van der Waals surface area contributed by atoms with Crippen molar-refractivity contribution < 1.29 is 9.72 Å². The fourth-order valence-corrected chi connectivity index (χ4v) is 3.05. The van der Waals surface area contributed by atoms with Crippen LogP contribution in [0.1, 0.15) is 20.1 Å². The summed E-state index contributed by atoms with van der Waals surface area (Å²) in [7, 11) is 0.